The topological polar surface area (TPSA) is 88.2 Å². The average Bonchev–Trinajstić information content (AvgIpc) is 2.26. The van der Waals surface area contributed by atoms with Gasteiger partial charge in [0.25, 0.3) is 0 Å². The number of aryl methyl sites for hydroxylation is 1. The molecule has 2 heterocycles. The highest BCUT2D eigenvalue weighted by Gasteiger charge is 2.26. The number of anilines is 1. The molecule has 0 radical (unpaired) electrons. The molecule has 1 aromatic rings. The molecule has 1 aliphatic rings. The Morgan fingerprint density at radius 2 is 2.25 bits per heavy atom. The molecule has 0 bridgehead atoms. The minimum absolute atomic E-state index is 0.270. The maximum absolute atomic E-state index is 9.51. The smallest absolute Gasteiger partial charge is 0.245 e. The summed E-state index contributed by atoms with van der Waals surface area (Å²) < 4.78 is 0. The number of hydrogen-bond donors (Lipinski definition) is 2. The summed E-state index contributed by atoms with van der Waals surface area (Å²) in [5, 5.41) is 17.5. The molecular formula is C9H14ClN5O. The minimum Gasteiger partial charge on any atom is -0.391 e. The van der Waals surface area contributed by atoms with Gasteiger partial charge in [-0.2, -0.15) is 0 Å². The molecule has 1 saturated heterocycles. The number of piperidine rings is 1. The fraction of sp³-hybridized carbons (Fsp3) is 0.667. The zero-order chi connectivity index (χ0) is 11.7. The van der Waals surface area contributed by atoms with Crippen LogP contribution >= 0.6 is 11.6 Å². The van der Waals surface area contributed by atoms with Gasteiger partial charge in [0.05, 0.1) is 11.8 Å². The molecule has 0 aromatic carbocycles. The molecule has 2 atom stereocenters. The van der Waals surface area contributed by atoms with Crippen LogP contribution in [0.15, 0.2) is 0 Å². The highest BCUT2D eigenvalue weighted by atomic mass is 35.5. The lowest BCUT2D eigenvalue weighted by Gasteiger charge is -2.33. The Morgan fingerprint density at radius 1 is 1.50 bits per heavy atom. The second-order valence-electron chi connectivity index (χ2n) is 3.95. The van der Waals surface area contributed by atoms with E-state index in [4.69, 9.17) is 17.3 Å². The predicted molar refractivity (Wildman–Crippen MR) is 60.4 cm³/mol. The predicted octanol–water partition coefficient (Wildman–Crippen LogP) is -0.268. The lowest BCUT2D eigenvalue weighted by molar-refractivity contribution is 0.124. The van der Waals surface area contributed by atoms with Crippen LogP contribution in [-0.2, 0) is 0 Å². The number of nitrogens with two attached hydrogens (primary N) is 1. The van der Waals surface area contributed by atoms with Crippen LogP contribution in [0.4, 0.5) is 5.95 Å². The first-order chi connectivity index (χ1) is 7.58. The van der Waals surface area contributed by atoms with Crippen molar-refractivity contribution in [2.75, 3.05) is 18.0 Å². The second-order valence-corrected chi connectivity index (χ2v) is 4.31. The van der Waals surface area contributed by atoms with Gasteiger partial charge in [0.1, 0.15) is 0 Å². The van der Waals surface area contributed by atoms with E-state index in [1.165, 1.54) is 0 Å². The number of rotatable bonds is 1. The zero-order valence-electron chi connectivity index (χ0n) is 8.97. The van der Waals surface area contributed by atoms with E-state index in [0.717, 1.165) is 0 Å². The molecular weight excluding hydrogens is 230 g/mol. The van der Waals surface area contributed by atoms with Crippen molar-refractivity contribution in [1.29, 1.82) is 0 Å². The van der Waals surface area contributed by atoms with Gasteiger partial charge >= 0.3 is 0 Å². The fourth-order valence-electron chi connectivity index (χ4n) is 1.66. The van der Waals surface area contributed by atoms with Crippen LogP contribution in [0.25, 0.3) is 0 Å². The summed E-state index contributed by atoms with van der Waals surface area (Å²) in [7, 11) is 0. The van der Waals surface area contributed by atoms with E-state index >= 15 is 0 Å². The van der Waals surface area contributed by atoms with Crippen LogP contribution in [0.2, 0.25) is 5.15 Å². The Labute approximate surface area is 98.4 Å². The molecule has 2 rings (SSSR count). The lowest BCUT2D eigenvalue weighted by atomic mass is 10.0. The van der Waals surface area contributed by atoms with Crippen LogP contribution in [0, 0.1) is 6.92 Å². The normalized spacial score (nSPS) is 25.9. The van der Waals surface area contributed by atoms with E-state index in [2.05, 4.69) is 15.2 Å². The molecule has 88 valence electrons. The van der Waals surface area contributed by atoms with Gasteiger partial charge in [-0.25, -0.2) is 4.98 Å². The highest BCUT2D eigenvalue weighted by Crippen LogP contribution is 2.17. The van der Waals surface area contributed by atoms with Gasteiger partial charge in [-0.3, -0.25) is 0 Å². The summed E-state index contributed by atoms with van der Waals surface area (Å²) in [6.45, 7) is 2.99. The Kier molecular flexibility index (Phi) is 3.22. The van der Waals surface area contributed by atoms with Gasteiger partial charge in [0.15, 0.2) is 5.15 Å². The molecule has 16 heavy (non-hydrogen) atoms. The van der Waals surface area contributed by atoms with Crippen molar-refractivity contribution < 1.29 is 5.11 Å². The first kappa shape index (κ1) is 11.5. The molecule has 0 amide bonds. The molecule has 1 aliphatic heterocycles. The molecule has 0 spiro atoms. The van der Waals surface area contributed by atoms with Gasteiger partial charge in [0, 0.05) is 19.1 Å². The first-order valence-corrected chi connectivity index (χ1v) is 5.51. The summed E-state index contributed by atoms with van der Waals surface area (Å²) in [6, 6.07) is -0.270. The van der Waals surface area contributed by atoms with E-state index in [1.807, 2.05) is 4.90 Å². The first-order valence-electron chi connectivity index (χ1n) is 5.13. The van der Waals surface area contributed by atoms with Gasteiger partial charge in [0.2, 0.25) is 5.95 Å². The largest absolute Gasteiger partial charge is 0.391 e. The van der Waals surface area contributed by atoms with Crippen molar-refractivity contribution in [3.63, 3.8) is 0 Å². The van der Waals surface area contributed by atoms with Crippen LogP contribution in [-0.4, -0.2) is 45.5 Å². The lowest BCUT2D eigenvalue weighted by Crippen LogP contribution is -2.51. The molecule has 7 heteroatoms. The van der Waals surface area contributed by atoms with Gasteiger partial charge < -0.3 is 15.7 Å². The number of aliphatic hydroxyl groups is 1. The SMILES string of the molecule is Cc1nc(N2CC[C@H](O)[C@@H](N)C2)nnc1Cl. The maximum Gasteiger partial charge on any atom is 0.245 e. The molecule has 0 unspecified atom stereocenters. The second kappa shape index (κ2) is 4.48. The Morgan fingerprint density at radius 3 is 2.88 bits per heavy atom. The van der Waals surface area contributed by atoms with Crippen molar-refractivity contribution in [3.05, 3.63) is 10.8 Å². The summed E-state index contributed by atoms with van der Waals surface area (Å²) >= 11 is 5.75. The number of nitrogens with zero attached hydrogens (tertiary/aromatic N) is 4. The number of aliphatic hydroxyl groups excluding tert-OH is 1. The average molecular weight is 244 g/mol. The summed E-state index contributed by atoms with van der Waals surface area (Å²) in [4.78, 5) is 6.15. The van der Waals surface area contributed by atoms with E-state index < -0.39 is 6.10 Å². The van der Waals surface area contributed by atoms with E-state index in [-0.39, 0.29) is 6.04 Å². The van der Waals surface area contributed by atoms with Crippen molar-refractivity contribution in [1.82, 2.24) is 15.2 Å². The Hall–Kier alpha value is -0.980. The maximum atomic E-state index is 9.51. The number of halogens is 1. The van der Waals surface area contributed by atoms with E-state index in [1.54, 1.807) is 6.92 Å². The van der Waals surface area contributed by atoms with E-state index in [0.29, 0.717) is 36.3 Å². The monoisotopic (exact) mass is 243 g/mol. The molecule has 6 nitrogen and oxygen atoms in total. The Balaban J connectivity index is 2.15. The standard InChI is InChI=1S/C9H14ClN5O/c1-5-8(10)13-14-9(12-5)15-3-2-7(16)6(11)4-15/h6-7,16H,2-4,11H2,1H3/t6-,7-/m0/s1. The van der Waals surface area contributed by atoms with Crippen molar-refractivity contribution >= 4 is 17.5 Å². The highest BCUT2D eigenvalue weighted by molar-refractivity contribution is 6.29. The molecule has 1 aromatic heterocycles. The van der Waals surface area contributed by atoms with Crippen molar-refractivity contribution in [3.8, 4) is 0 Å². The van der Waals surface area contributed by atoms with Crippen LogP contribution < -0.4 is 10.6 Å². The van der Waals surface area contributed by atoms with Crippen LogP contribution in [0.3, 0.4) is 0 Å². The van der Waals surface area contributed by atoms with Crippen molar-refractivity contribution in [2.24, 2.45) is 5.73 Å². The molecule has 0 saturated carbocycles. The third kappa shape index (κ3) is 2.23. The van der Waals surface area contributed by atoms with Crippen LogP contribution in [0.5, 0.6) is 0 Å². The molecule has 3 N–H and O–H groups in total. The zero-order valence-corrected chi connectivity index (χ0v) is 9.72. The number of hydrogen-bond acceptors (Lipinski definition) is 6. The van der Waals surface area contributed by atoms with E-state index in [9.17, 15) is 5.11 Å². The van der Waals surface area contributed by atoms with Crippen LogP contribution in [0.1, 0.15) is 12.1 Å². The summed E-state index contributed by atoms with van der Waals surface area (Å²) in [5.74, 6) is 0.518. The molecule has 1 fully saturated rings. The van der Waals surface area contributed by atoms with Crippen molar-refractivity contribution in [2.45, 2.75) is 25.5 Å². The Bertz CT molecular complexity index is 388. The summed E-state index contributed by atoms with van der Waals surface area (Å²) in [5.41, 5.74) is 6.43. The minimum atomic E-state index is -0.447. The number of aromatic nitrogens is 3. The van der Waals surface area contributed by atoms with Gasteiger partial charge in [-0.1, -0.05) is 11.6 Å². The summed E-state index contributed by atoms with van der Waals surface area (Å²) in [6.07, 6.45) is 0.171. The van der Waals surface area contributed by atoms with Gasteiger partial charge in [-0.15, -0.1) is 10.2 Å². The third-order valence-corrected chi connectivity index (χ3v) is 3.05. The fourth-order valence-corrected chi connectivity index (χ4v) is 1.74. The molecule has 0 aliphatic carbocycles. The van der Waals surface area contributed by atoms with Gasteiger partial charge in [-0.05, 0) is 13.3 Å². The third-order valence-electron chi connectivity index (χ3n) is 2.70. The quantitative estimate of drug-likeness (QED) is 0.706.